The van der Waals surface area contributed by atoms with E-state index < -0.39 is 6.10 Å². The Morgan fingerprint density at radius 1 is 1.44 bits per heavy atom. The largest absolute Gasteiger partial charge is 0.454 e. The zero-order valence-electron chi connectivity index (χ0n) is 9.09. The van der Waals surface area contributed by atoms with E-state index in [1.807, 2.05) is 0 Å². The lowest BCUT2D eigenvalue weighted by atomic mass is 10.1. The highest BCUT2D eigenvalue weighted by atomic mass is 35.5. The highest BCUT2D eigenvalue weighted by Crippen LogP contribution is 2.42. The van der Waals surface area contributed by atoms with Crippen LogP contribution in [0, 0.1) is 0 Å². The summed E-state index contributed by atoms with van der Waals surface area (Å²) in [5, 5.41) is 11.0. The summed E-state index contributed by atoms with van der Waals surface area (Å²) in [6, 6.07) is 3.35. The summed E-state index contributed by atoms with van der Waals surface area (Å²) in [7, 11) is 0. The fraction of sp³-hybridized carbons (Fsp3) is 0.182. The van der Waals surface area contributed by atoms with Gasteiger partial charge < -0.3 is 20.3 Å². The van der Waals surface area contributed by atoms with Gasteiger partial charge in [0, 0.05) is 6.20 Å². The molecule has 1 aliphatic heterocycles. The van der Waals surface area contributed by atoms with Gasteiger partial charge >= 0.3 is 0 Å². The number of hydrogen-bond donors (Lipinski definition) is 2. The van der Waals surface area contributed by atoms with Crippen LogP contribution in [0.3, 0.4) is 0 Å². The Balaban J connectivity index is 2.00. The number of aliphatic hydroxyl groups excluding tert-OH is 1. The molecule has 0 saturated heterocycles. The maximum Gasteiger partial charge on any atom is 0.231 e. The first kappa shape index (κ1) is 11.6. The van der Waals surface area contributed by atoms with Crippen molar-refractivity contribution in [3.8, 4) is 11.5 Å². The van der Waals surface area contributed by atoms with Crippen molar-refractivity contribution in [1.82, 2.24) is 4.98 Å². The number of aromatic nitrogens is 1. The number of nitrogens with two attached hydrogens (primary N) is 1. The molecule has 0 fully saturated rings. The third-order valence-electron chi connectivity index (χ3n) is 2.58. The van der Waals surface area contributed by atoms with E-state index in [4.69, 9.17) is 26.8 Å². The zero-order chi connectivity index (χ0) is 12.7. The van der Waals surface area contributed by atoms with Crippen LogP contribution >= 0.6 is 22.9 Å². The molecule has 1 unspecified atom stereocenters. The van der Waals surface area contributed by atoms with Crippen LogP contribution < -0.4 is 15.2 Å². The monoisotopic (exact) mass is 284 g/mol. The molecule has 1 aliphatic rings. The lowest BCUT2D eigenvalue weighted by Crippen LogP contribution is -1.97. The van der Waals surface area contributed by atoms with Gasteiger partial charge in [-0.25, -0.2) is 4.98 Å². The van der Waals surface area contributed by atoms with Gasteiger partial charge in [0.15, 0.2) is 16.6 Å². The van der Waals surface area contributed by atoms with Gasteiger partial charge in [0.2, 0.25) is 6.79 Å². The van der Waals surface area contributed by atoms with E-state index in [1.54, 1.807) is 18.3 Å². The minimum absolute atomic E-state index is 0.141. The number of aliphatic hydroxyl groups is 1. The smallest absolute Gasteiger partial charge is 0.231 e. The number of fused-ring (bicyclic) bond motifs is 1. The number of nitrogen functional groups attached to an aromatic ring is 1. The Morgan fingerprint density at radius 2 is 2.28 bits per heavy atom. The summed E-state index contributed by atoms with van der Waals surface area (Å²) in [6.07, 6.45) is 0.718. The molecule has 0 saturated carbocycles. The van der Waals surface area contributed by atoms with E-state index in [9.17, 15) is 5.11 Å². The molecule has 3 N–H and O–H groups in total. The van der Waals surface area contributed by atoms with Crippen molar-refractivity contribution in [3.05, 3.63) is 33.8 Å². The number of halogens is 1. The van der Waals surface area contributed by atoms with Gasteiger partial charge in [-0.1, -0.05) is 22.9 Å². The standard InChI is InChI=1S/C11H9ClN2O3S/c12-6-1-5(2-7-10(6)17-4-16-7)9(15)8-3-14-11(13)18-8/h1-3,9,15H,4H2,(H2,13,14). The van der Waals surface area contributed by atoms with Crippen LogP contribution in [0.1, 0.15) is 16.5 Å². The van der Waals surface area contributed by atoms with Crippen molar-refractivity contribution in [2.45, 2.75) is 6.10 Å². The minimum atomic E-state index is -0.827. The predicted octanol–water partition coefficient (Wildman–Crippen LogP) is 2.19. The van der Waals surface area contributed by atoms with Crippen LogP contribution in [0.2, 0.25) is 5.02 Å². The Labute approximate surface area is 112 Å². The zero-order valence-corrected chi connectivity index (χ0v) is 10.7. The average molecular weight is 285 g/mol. The van der Waals surface area contributed by atoms with Crippen molar-refractivity contribution in [2.75, 3.05) is 12.5 Å². The lowest BCUT2D eigenvalue weighted by Gasteiger charge is -2.10. The van der Waals surface area contributed by atoms with Crippen LogP contribution in [0.4, 0.5) is 5.13 Å². The molecule has 0 aliphatic carbocycles. The Kier molecular flexibility index (Phi) is 2.77. The van der Waals surface area contributed by atoms with Crippen molar-refractivity contribution in [3.63, 3.8) is 0 Å². The molecule has 94 valence electrons. The Hall–Kier alpha value is -1.50. The third kappa shape index (κ3) is 1.88. The van der Waals surface area contributed by atoms with Crippen molar-refractivity contribution in [2.24, 2.45) is 0 Å². The summed E-state index contributed by atoms with van der Waals surface area (Å²) in [6.45, 7) is 0.141. The number of rotatable bonds is 2. The van der Waals surface area contributed by atoms with Crippen LogP contribution in [-0.2, 0) is 0 Å². The molecule has 0 amide bonds. The fourth-order valence-electron chi connectivity index (χ4n) is 1.74. The van der Waals surface area contributed by atoms with Crippen LogP contribution in [0.25, 0.3) is 0 Å². The second-order valence-electron chi connectivity index (χ2n) is 3.74. The van der Waals surface area contributed by atoms with E-state index >= 15 is 0 Å². The van der Waals surface area contributed by atoms with Gasteiger partial charge in [0.05, 0.1) is 9.90 Å². The quantitative estimate of drug-likeness (QED) is 0.884. The van der Waals surface area contributed by atoms with Crippen LogP contribution in [-0.4, -0.2) is 16.9 Å². The summed E-state index contributed by atoms with van der Waals surface area (Å²) in [4.78, 5) is 4.56. The Morgan fingerprint density at radius 3 is 3.00 bits per heavy atom. The maximum absolute atomic E-state index is 10.2. The van der Waals surface area contributed by atoms with Crippen molar-refractivity contribution in [1.29, 1.82) is 0 Å². The Bertz CT molecular complexity index is 602. The van der Waals surface area contributed by atoms with Gasteiger partial charge in [-0.2, -0.15) is 0 Å². The van der Waals surface area contributed by atoms with Gasteiger partial charge in [0.1, 0.15) is 6.10 Å². The van der Waals surface area contributed by atoms with Gasteiger partial charge in [-0.05, 0) is 17.7 Å². The second-order valence-corrected chi connectivity index (χ2v) is 5.24. The first-order valence-electron chi connectivity index (χ1n) is 5.13. The van der Waals surface area contributed by atoms with E-state index in [-0.39, 0.29) is 6.79 Å². The predicted molar refractivity (Wildman–Crippen MR) is 68.2 cm³/mol. The second kappa shape index (κ2) is 4.31. The molecular formula is C11H9ClN2O3S. The summed E-state index contributed by atoms with van der Waals surface area (Å²) in [5.74, 6) is 1.05. The van der Waals surface area contributed by atoms with Crippen LogP contribution in [0.15, 0.2) is 18.3 Å². The molecule has 18 heavy (non-hydrogen) atoms. The third-order valence-corrected chi connectivity index (χ3v) is 3.74. The van der Waals surface area contributed by atoms with E-state index in [0.29, 0.717) is 32.1 Å². The molecule has 0 bridgehead atoms. The summed E-state index contributed by atoms with van der Waals surface area (Å²) >= 11 is 7.29. The minimum Gasteiger partial charge on any atom is -0.454 e. The number of benzene rings is 1. The molecule has 2 heterocycles. The molecule has 0 radical (unpaired) electrons. The molecule has 7 heteroatoms. The molecule has 0 spiro atoms. The molecule has 3 rings (SSSR count). The number of thiazole rings is 1. The first-order valence-corrected chi connectivity index (χ1v) is 6.33. The fourth-order valence-corrected chi connectivity index (χ4v) is 2.71. The van der Waals surface area contributed by atoms with E-state index in [1.165, 1.54) is 11.3 Å². The molecular weight excluding hydrogens is 276 g/mol. The highest BCUT2D eigenvalue weighted by molar-refractivity contribution is 7.15. The number of anilines is 1. The first-order chi connectivity index (χ1) is 8.65. The molecule has 2 aromatic rings. The SMILES string of the molecule is Nc1ncc(C(O)c2cc(Cl)c3c(c2)OCO3)s1. The van der Waals surface area contributed by atoms with Gasteiger partial charge in [0.25, 0.3) is 0 Å². The van der Waals surface area contributed by atoms with Crippen molar-refractivity contribution >= 4 is 28.1 Å². The molecule has 5 nitrogen and oxygen atoms in total. The van der Waals surface area contributed by atoms with E-state index in [0.717, 1.165) is 0 Å². The molecule has 1 atom stereocenters. The maximum atomic E-state index is 10.2. The van der Waals surface area contributed by atoms with Crippen LogP contribution in [0.5, 0.6) is 11.5 Å². The normalized spacial score (nSPS) is 14.8. The molecule has 1 aromatic carbocycles. The number of hydrogen-bond acceptors (Lipinski definition) is 6. The van der Waals surface area contributed by atoms with Crippen molar-refractivity contribution < 1.29 is 14.6 Å². The van der Waals surface area contributed by atoms with E-state index in [2.05, 4.69) is 4.98 Å². The average Bonchev–Trinajstić information content (AvgIpc) is 2.96. The number of ether oxygens (including phenoxy) is 2. The van der Waals surface area contributed by atoms with Gasteiger partial charge in [-0.3, -0.25) is 0 Å². The number of nitrogens with zero attached hydrogens (tertiary/aromatic N) is 1. The highest BCUT2D eigenvalue weighted by Gasteiger charge is 2.22. The topological polar surface area (TPSA) is 77.6 Å². The summed E-state index contributed by atoms with van der Waals surface area (Å²) in [5.41, 5.74) is 6.16. The molecule has 1 aromatic heterocycles. The summed E-state index contributed by atoms with van der Waals surface area (Å²) < 4.78 is 10.5. The lowest BCUT2D eigenvalue weighted by molar-refractivity contribution is 0.173. The van der Waals surface area contributed by atoms with Gasteiger partial charge in [-0.15, -0.1) is 0 Å².